The van der Waals surface area contributed by atoms with Crippen molar-refractivity contribution in [1.29, 1.82) is 0 Å². The Bertz CT molecular complexity index is 545. The summed E-state index contributed by atoms with van der Waals surface area (Å²) >= 11 is 0. The minimum Gasteiger partial charge on any atom is -0.466 e. The lowest BCUT2D eigenvalue weighted by Crippen LogP contribution is -2.20. The predicted octanol–water partition coefficient (Wildman–Crippen LogP) is 3.40. The van der Waals surface area contributed by atoms with E-state index in [1.54, 1.807) is 0 Å². The number of benzene rings is 1. The maximum Gasteiger partial charge on any atom is 0.334 e. The van der Waals surface area contributed by atoms with Crippen molar-refractivity contribution in [2.75, 3.05) is 13.7 Å². The fourth-order valence-electron chi connectivity index (χ4n) is 2.03. The molecule has 0 aliphatic rings. The molecule has 22 heavy (non-hydrogen) atoms. The molecule has 0 fully saturated rings. The Morgan fingerprint density at radius 1 is 1.09 bits per heavy atom. The van der Waals surface area contributed by atoms with E-state index in [4.69, 9.17) is 9.47 Å². The molecule has 0 N–H and O–H groups in total. The Morgan fingerprint density at radius 3 is 2.23 bits per heavy atom. The molecule has 0 aromatic heterocycles. The zero-order chi connectivity index (χ0) is 16.5. The first-order valence-electron chi connectivity index (χ1n) is 7.20. The van der Waals surface area contributed by atoms with E-state index in [9.17, 15) is 9.59 Å². The number of methoxy groups -OCH3 is 1. The molecule has 1 aromatic rings. The molecule has 0 radical (unpaired) electrons. The van der Waals surface area contributed by atoms with E-state index in [0.717, 1.165) is 18.4 Å². The van der Waals surface area contributed by atoms with Crippen LogP contribution >= 0.6 is 0 Å². The molecule has 0 aliphatic heterocycles. The molecule has 4 nitrogen and oxygen atoms in total. The molecule has 118 valence electrons. The van der Waals surface area contributed by atoms with Crippen LogP contribution in [0.4, 0.5) is 0 Å². The van der Waals surface area contributed by atoms with Gasteiger partial charge in [0.1, 0.15) is 0 Å². The summed E-state index contributed by atoms with van der Waals surface area (Å²) in [5.41, 5.74) is 1.08. The van der Waals surface area contributed by atoms with Crippen molar-refractivity contribution in [2.45, 2.75) is 25.7 Å². The second-order valence-electron chi connectivity index (χ2n) is 4.88. The smallest absolute Gasteiger partial charge is 0.334 e. The summed E-state index contributed by atoms with van der Waals surface area (Å²) < 4.78 is 9.89. The molecule has 0 saturated heterocycles. The van der Waals surface area contributed by atoms with Gasteiger partial charge in [0.15, 0.2) is 0 Å². The van der Waals surface area contributed by atoms with Crippen molar-refractivity contribution >= 4 is 11.9 Å². The van der Waals surface area contributed by atoms with Gasteiger partial charge in [0.25, 0.3) is 0 Å². The summed E-state index contributed by atoms with van der Waals surface area (Å²) in [6, 6.07) is 9.11. The number of carbonyl (C=O) groups excluding carboxylic acids is 2. The fourth-order valence-corrected chi connectivity index (χ4v) is 2.03. The van der Waals surface area contributed by atoms with Gasteiger partial charge in [-0.05, 0) is 12.0 Å². The standard InChI is InChI=1S/C18H22O4/c1-5-6-12-22-18(20)14(3)16(13(2)17(19)21-4)15-10-8-7-9-11-15/h7-11,16H,2-3,5-6,12H2,1,4H3/t16-/m0/s1. The van der Waals surface area contributed by atoms with E-state index < -0.39 is 17.9 Å². The Kier molecular flexibility index (Phi) is 7.09. The Balaban J connectivity index is 3.00. The van der Waals surface area contributed by atoms with E-state index in [2.05, 4.69) is 13.2 Å². The van der Waals surface area contributed by atoms with Gasteiger partial charge in [-0.1, -0.05) is 56.8 Å². The molecule has 0 bridgehead atoms. The van der Waals surface area contributed by atoms with Gasteiger partial charge in [-0.25, -0.2) is 9.59 Å². The van der Waals surface area contributed by atoms with Gasteiger partial charge in [-0.2, -0.15) is 0 Å². The summed E-state index contributed by atoms with van der Waals surface area (Å²) in [5, 5.41) is 0. The van der Waals surface area contributed by atoms with Gasteiger partial charge in [0, 0.05) is 17.1 Å². The molecule has 0 spiro atoms. The second kappa shape index (κ2) is 8.82. The SMILES string of the molecule is C=C(C(=O)OC)[C@@H](C(=C)C(=O)OCCCC)c1ccccc1. The van der Waals surface area contributed by atoms with Crippen LogP contribution in [-0.2, 0) is 19.1 Å². The summed E-state index contributed by atoms with van der Waals surface area (Å²) in [6.45, 7) is 9.91. The van der Waals surface area contributed by atoms with Crippen molar-refractivity contribution in [2.24, 2.45) is 0 Å². The third-order valence-electron chi connectivity index (χ3n) is 3.27. The van der Waals surface area contributed by atoms with Crippen LogP contribution in [0.2, 0.25) is 0 Å². The number of hydrogen-bond donors (Lipinski definition) is 0. The normalized spacial score (nSPS) is 11.4. The molecule has 0 saturated carbocycles. The van der Waals surface area contributed by atoms with E-state index in [-0.39, 0.29) is 11.1 Å². The molecule has 4 heteroatoms. The highest BCUT2D eigenvalue weighted by Gasteiger charge is 2.28. The number of unbranched alkanes of at least 4 members (excludes halogenated alkanes) is 1. The van der Waals surface area contributed by atoms with E-state index in [0.29, 0.717) is 6.61 Å². The van der Waals surface area contributed by atoms with Gasteiger partial charge < -0.3 is 9.47 Å². The first kappa shape index (κ1) is 17.7. The van der Waals surface area contributed by atoms with Gasteiger partial charge in [0.05, 0.1) is 13.7 Å². The van der Waals surface area contributed by atoms with Crippen LogP contribution in [0.15, 0.2) is 54.6 Å². The van der Waals surface area contributed by atoms with Crippen molar-refractivity contribution in [1.82, 2.24) is 0 Å². The highest BCUT2D eigenvalue weighted by atomic mass is 16.5. The van der Waals surface area contributed by atoms with Crippen LogP contribution in [0.25, 0.3) is 0 Å². The van der Waals surface area contributed by atoms with Crippen molar-refractivity contribution in [3.8, 4) is 0 Å². The Labute approximate surface area is 131 Å². The zero-order valence-electron chi connectivity index (χ0n) is 13.1. The monoisotopic (exact) mass is 302 g/mol. The van der Waals surface area contributed by atoms with Crippen molar-refractivity contribution < 1.29 is 19.1 Å². The second-order valence-corrected chi connectivity index (χ2v) is 4.88. The molecule has 1 aromatic carbocycles. The van der Waals surface area contributed by atoms with Crippen molar-refractivity contribution in [3.63, 3.8) is 0 Å². The molecule has 0 amide bonds. The first-order valence-corrected chi connectivity index (χ1v) is 7.20. The Morgan fingerprint density at radius 2 is 1.68 bits per heavy atom. The summed E-state index contributed by atoms with van der Waals surface area (Å²) in [7, 11) is 1.28. The minimum atomic E-state index is -0.650. The van der Waals surface area contributed by atoms with Crippen LogP contribution < -0.4 is 0 Å². The summed E-state index contributed by atoms with van der Waals surface area (Å²) in [5.74, 6) is -1.74. The third-order valence-corrected chi connectivity index (χ3v) is 3.27. The van der Waals surface area contributed by atoms with Crippen LogP contribution in [0.3, 0.4) is 0 Å². The van der Waals surface area contributed by atoms with Crippen LogP contribution in [0, 0.1) is 0 Å². The summed E-state index contributed by atoms with van der Waals surface area (Å²) in [4.78, 5) is 23.9. The number of esters is 2. The van der Waals surface area contributed by atoms with E-state index in [1.165, 1.54) is 7.11 Å². The lowest BCUT2D eigenvalue weighted by Gasteiger charge is -2.20. The van der Waals surface area contributed by atoms with Crippen molar-refractivity contribution in [3.05, 3.63) is 60.2 Å². The van der Waals surface area contributed by atoms with Gasteiger partial charge in [-0.15, -0.1) is 0 Å². The molecule has 0 heterocycles. The minimum absolute atomic E-state index is 0.158. The number of carbonyl (C=O) groups is 2. The first-order chi connectivity index (χ1) is 10.5. The average molecular weight is 302 g/mol. The maximum atomic E-state index is 12.1. The largest absolute Gasteiger partial charge is 0.466 e. The van der Waals surface area contributed by atoms with Crippen LogP contribution in [-0.4, -0.2) is 25.7 Å². The molecular weight excluding hydrogens is 280 g/mol. The molecule has 0 unspecified atom stereocenters. The zero-order valence-corrected chi connectivity index (χ0v) is 13.1. The highest BCUT2D eigenvalue weighted by molar-refractivity contribution is 5.97. The van der Waals surface area contributed by atoms with E-state index >= 15 is 0 Å². The third kappa shape index (κ3) is 4.58. The van der Waals surface area contributed by atoms with Crippen LogP contribution in [0.5, 0.6) is 0 Å². The number of rotatable bonds is 8. The Hall–Kier alpha value is -2.36. The number of ether oxygens (including phenoxy) is 2. The molecule has 0 aliphatic carbocycles. The predicted molar refractivity (Wildman–Crippen MR) is 85.3 cm³/mol. The molecular formula is C18H22O4. The maximum absolute atomic E-state index is 12.1. The van der Waals surface area contributed by atoms with Gasteiger partial charge in [-0.3, -0.25) is 0 Å². The fraction of sp³-hybridized carbons (Fsp3) is 0.333. The van der Waals surface area contributed by atoms with Crippen LogP contribution in [0.1, 0.15) is 31.2 Å². The molecule has 1 rings (SSSR count). The quantitative estimate of drug-likeness (QED) is 0.419. The summed E-state index contributed by atoms with van der Waals surface area (Å²) in [6.07, 6.45) is 1.71. The molecule has 1 atom stereocenters. The number of hydrogen-bond acceptors (Lipinski definition) is 4. The van der Waals surface area contributed by atoms with Gasteiger partial charge >= 0.3 is 11.9 Å². The highest BCUT2D eigenvalue weighted by Crippen LogP contribution is 2.31. The van der Waals surface area contributed by atoms with E-state index in [1.807, 2.05) is 37.3 Å². The topological polar surface area (TPSA) is 52.6 Å². The average Bonchev–Trinajstić information content (AvgIpc) is 2.55. The lowest BCUT2D eigenvalue weighted by atomic mass is 9.86. The van der Waals surface area contributed by atoms with Gasteiger partial charge in [0.2, 0.25) is 0 Å². The lowest BCUT2D eigenvalue weighted by molar-refractivity contribution is -0.139.